The van der Waals surface area contributed by atoms with Gasteiger partial charge in [-0.05, 0) is 36.8 Å². The molecule has 9 heteroatoms. The molecule has 152 valence electrons. The number of amides is 4. The number of rotatable bonds is 5. The van der Waals surface area contributed by atoms with E-state index in [0.29, 0.717) is 37.0 Å². The molecule has 1 saturated heterocycles. The Hall–Kier alpha value is -3.49. The van der Waals surface area contributed by atoms with Crippen molar-refractivity contribution in [2.24, 2.45) is 0 Å². The zero-order valence-corrected chi connectivity index (χ0v) is 16.1. The number of likely N-dealkylation sites (N-methyl/N-ethyl adjacent to an activating group) is 1. The third-order valence-electron chi connectivity index (χ3n) is 5.03. The number of carbonyl (C=O) groups is 3. The monoisotopic (exact) mass is 399 g/mol. The molecular weight excluding hydrogens is 378 g/mol. The Bertz CT molecular complexity index is 957. The fraction of sp³-hybridized carbons (Fsp3) is 0.350. The van der Waals surface area contributed by atoms with Crippen molar-refractivity contribution in [1.82, 2.24) is 15.1 Å². The quantitative estimate of drug-likeness (QED) is 0.765. The third kappa shape index (κ3) is 3.39. The first-order valence-corrected chi connectivity index (χ1v) is 9.19. The number of benzene rings is 1. The third-order valence-corrected chi connectivity index (χ3v) is 5.03. The number of hydrogen-bond acceptors (Lipinski definition) is 6. The lowest BCUT2D eigenvalue weighted by Gasteiger charge is -2.23. The van der Waals surface area contributed by atoms with E-state index in [0.717, 1.165) is 10.5 Å². The summed E-state index contributed by atoms with van der Waals surface area (Å²) in [5, 5.41) is 2.60. The summed E-state index contributed by atoms with van der Waals surface area (Å²) in [5.41, 5.74) is -0.474. The number of fused-ring (bicyclic) bond motifs is 1. The fourth-order valence-electron chi connectivity index (χ4n) is 3.37. The van der Waals surface area contributed by atoms with Gasteiger partial charge in [0, 0.05) is 13.6 Å². The second-order valence-electron chi connectivity index (χ2n) is 7.15. The lowest BCUT2D eigenvalue weighted by Crippen LogP contribution is -2.43. The molecule has 1 aromatic heterocycles. The van der Waals surface area contributed by atoms with Crippen molar-refractivity contribution in [3.8, 4) is 11.5 Å². The van der Waals surface area contributed by atoms with E-state index < -0.39 is 17.5 Å². The van der Waals surface area contributed by atoms with Crippen LogP contribution in [0.3, 0.4) is 0 Å². The van der Waals surface area contributed by atoms with Crippen LogP contribution in [0.2, 0.25) is 0 Å². The van der Waals surface area contributed by atoms with Crippen LogP contribution in [0.4, 0.5) is 4.79 Å². The minimum Gasteiger partial charge on any atom is -0.486 e. The molecule has 0 bridgehead atoms. The molecule has 1 fully saturated rings. The number of furan rings is 1. The normalized spacial score (nSPS) is 20.6. The van der Waals surface area contributed by atoms with Crippen LogP contribution in [0.1, 0.15) is 18.2 Å². The highest BCUT2D eigenvalue weighted by atomic mass is 16.6. The molecule has 1 unspecified atom stereocenters. The summed E-state index contributed by atoms with van der Waals surface area (Å²) in [4.78, 5) is 40.1. The summed E-state index contributed by atoms with van der Waals surface area (Å²) in [5.74, 6) is 0.726. The van der Waals surface area contributed by atoms with Crippen molar-refractivity contribution < 1.29 is 28.3 Å². The second-order valence-corrected chi connectivity index (χ2v) is 7.15. The maximum Gasteiger partial charge on any atom is 0.325 e. The fourth-order valence-corrected chi connectivity index (χ4v) is 3.37. The lowest BCUT2D eigenvalue weighted by atomic mass is 9.99. The predicted octanol–water partition coefficient (Wildman–Crippen LogP) is 1.48. The van der Waals surface area contributed by atoms with Gasteiger partial charge in [0.1, 0.15) is 25.5 Å². The summed E-state index contributed by atoms with van der Waals surface area (Å²) < 4.78 is 16.3. The van der Waals surface area contributed by atoms with Crippen molar-refractivity contribution in [2.45, 2.75) is 19.0 Å². The van der Waals surface area contributed by atoms with E-state index in [1.165, 1.54) is 11.2 Å². The summed E-state index contributed by atoms with van der Waals surface area (Å²) in [6.45, 7) is 2.48. The molecule has 0 saturated carbocycles. The maximum atomic E-state index is 12.8. The standard InChI is InChI=1S/C20H21N3O6/c1-20(16-4-3-7-29-16)18(25)23(19(26)21-20)12-17(24)22(2)11-13-5-6-14-15(10-13)28-9-8-27-14/h3-7,10H,8-9,11-12H2,1-2H3,(H,21,26). The van der Waals surface area contributed by atoms with Crippen LogP contribution < -0.4 is 14.8 Å². The molecule has 0 radical (unpaired) electrons. The smallest absolute Gasteiger partial charge is 0.325 e. The first-order chi connectivity index (χ1) is 13.9. The van der Waals surface area contributed by atoms with E-state index in [2.05, 4.69) is 5.32 Å². The molecule has 4 amide bonds. The van der Waals surface area contributed by atoms with E-state index in [1.54, 1.807) is 32.2 Å². The van der Waals surface area contributed by atoms with Gasteiger partial charge in [0.2, 0.25) is 5.91 Å². The van der Waals surface area contributed by atoms with Crippen LogP contribution in [0.15, 0.2) is 41.0 Å². The molecule has 1 aromatic carbocycles. The minimum absolute atomic E-state index is 0.300. The molecule has 1 N–H and O–H groups in total. The Kier molecular flexibility index (Phi) is 4.65. The van der Waals surface area contributed by atoms with E-state index in [1.807, 2.05) is 12.1 Å². The predicted molar refractivity (Wildman–Crippen MR) is 100 cm³/mol. The highest BCUT2D eigenvalue weighted by Gasteiger charge is 2.51. The second kappa shape index (κ2) is 7.16. The first kappa shape index (κ1) is 18.9. The number of nitrogens with zero attached hydrogens (tertiary/aromatic N) is 2. The van der Waals surface area contributed by atoms with Crippen LogP contribution in [0, 0.1) is 0 Å². The van der Waals surface area contributed by atoms with Crippen molar-refractivity contribution in [1.29, 1.82) is 0 Å². The van der Waals surface area contributed by atoms with Crippen molar-refractivity contribution in [3.05, 3.63) is 47.9 Å². The molecule has 4 rings (SSSR count). The minimum atomic E-state index is -1.32. The zero-order chi connectivity index (χ0) is 20.6. The van der Waals surface area contributed by atoms with Crippen LogP contribution in [-0.4, -0.2) is 54.5 Å². The number of carbonyl (C=O) groups excluding carboxylic acids is 3. The Morgan fingerprint density at radius 1 is 1.21 bits per heavy atom. The molecular formula is C20H21N3O6. The van der Waals surface area contributed by atoms with E-state index in [4.69, 9.17) is 13.9 Å². The molecule has 2 aliphatic heterocycles. The lowest BCUT2D eigenvalue weighted by molar-refractivity contribution is -0.138. The van der Waals surface area contributed by atoms with Gasteiger partial charge in [0.15, 0.2) is 17.0 Å². The molecule has 9 nitrogen and oxygen atoms in total. The van der Waals surface area contributed by atoms with Crippen LogP contribution in [0.5, 0.6) is 11.5 Å². The molecule has 0 aliphatic carbocycles. The van der Waals surface area contributed by atoms with Gasteiger partial charge in [-0.15, -0.1) is 0 Å². The van der Waals surface area contributed by atoms with Crippen LogP contribution in [-0.2, 0) is 21.7 Å². The highest BCUT2D eigenvalue weighted by molar-refractivity contribution is 6.08. The Morgan fingerprint density at radius 3 is 2.69 bits per heavy atom. The molecule has 3 heterocycles. The number of ether oxygens (including phenoxy) is 2. The maximum absolute atomic E-state index is 12.8. The highest BCUT2D eigenvalue weighted by Crippen LogP contribution is 2.31. The van der Waals surface area contributed by atoms with E-state index >= 15 is 0 Å². The number of nitrogens with one attached hydrogen (secondary N) is 1. The van der Waals surface area contributed by atoms with Gasteiger partial charge < -0.3 is 24.1 Å². The van der Waals surface area contributed by atoms with Gasteiger partial charge in [-0.25, -0.2) is 4.79 Å². The molecule has 0 spiro atoms. The molecule has 2 aliphatic rings. The first-order valence-electron chi connectivity index (χ1n) is 9.19. The van der Waals surface area contributed by atoms with Crippen molar-refractivity contribution in [3.63, 3.8) is 0 Å². The van der Waals surface area contributed by atoms with Gasteiger partial charge >= 0.3 is 6.03 Å². The Morgan fingerprint density at radius 2 is 1.97 bits per heavy atom. The number of imide groups is 1. The van der Waals surface area contributed by atoms with Crippen molar-refractivity contribution >= 4 is 17.8 Å². The Balaban J connectivity index is 1.42. The van der Waals surface area contributed by atoms with Crippen LogP contribution in [0.25, 0.3) is 0 Å². The summed E-state index contributed by atoms with van der Waals surface area (Å²) in [6.07, 6.45) is 1.43. The summed E-state index contributed by atoms with van der Waals surface area (Å²) in [7, 11) is 1.61. The summed E-state index contributed by atoms with van der Waals surface area (Å²) in [6, 6.07) is 8.08. The largest absolute Gasteiger partial charge is 0.486 e. The van der Waals surface area contributed by atoms with Gasteiger partial charge in [0.25, 0.3) is 5.91 Å². The molecule has 1 atom stereocenters. The van der Waals surface area contributed by atoms with Gasteiger partial charge in [-0.3, -0.25) is 14.5 Å². The molecule has 2 aromatic rings. The topological polar surface area (TPSA) is 101 Å². The summed E-state index contributed by atoms with van der Waals surface area (Å²) >= 11 is 0. The van der Waals surface area contributed by atoms with Crippen molar-refractivity contribution in [2.75, 3.05) is 26.8 Å². The number of hydrogen-bond donors (Lipinski definition) is 1. The average Bonchev–Trinajstić information content (AvgIpc) is 3.32. The van der Waals surface area contributed by atoms with E-state index in [9.17, 15) is 14.4 Å². The van der Waals surface area contributed by atoms with Gasteiger partial charge in [-0.1, -0.05) is 6.07 Å². The average molecular weight is 399 g/mol. The Labute approximate surface area is 167 Å². The van der Waals surface area contributed by atoms with Gasteiger partial charge in [-0.2, -0.15) is 0 Å². The zero-order valence-electron chi connectivity index (χ0n) is 16.1. The molecule has 29 heavy (non-hydrogen) atoms. The van der Waals surface area contributed by atoms with E-state index in [-0.39, 0.29) is 12.5 Å². The number of urea groups is 1. The van der Waals surface area contributed by atoms with Crippen LogP contribution >= 0.6 is 0 Å². The SMILES string of the molecule is CN(Cc1ccc2c(c1)OCCO2)C(=O)CN1C(=O)NC(C)(c2ccco2)C1=O. The van der Waals surface area contributed by atoms with Gasteiger partial charge in [0.05, 0.1) is 6.26 Å².